The first-order valence-corrected chi connectivity index (χ1v) is 21.7. The summed E-state index contributed by atoms with van der Waals surface area (Å²) in [5.74, 6) is 0.674. The topological polar surface area (TPSA) is 38.9 Å². The number of rotatable bonds is 7. The number of furan rings is 1. The average molecular weight is 809 g/mol. The summed E-state index contributed by atoms with van der Waals surface area (Å²) in [6.45, 7) is 0. The zero-order valence-electron chi connectivity index (χ0n) is 33.5. The van der Waals surface area contributed by atoms with Crippen molar-refractivity contribution in [3.05, 3.63) is 218 Å². The van der Waals surface area contributed by atoms with Crippen LogP contribution < -0.4 is 0 Å². The Bertz CT molecular complexity index is 3640. The highest BCUT2D eigenvalue weighted by Crippen LogP contribution is 2.41. The van der Waals surface area contributed by atoms with Crippen LogP contribution in [0.5, 0.6) is 0 Å². The second-order valence-corrected chi connectivity index (χ2v) is 16.8. The third-order valence-electron chi connectivity index (χ3n) is 11.9. The molecule has 0 saturated carbocycles. The van der Waals surface area contributed by atoms with E-state index >= 15 is 0 Å². The van der Waals surface area contributed by atoms with Gasteiger partial charge >= 0.3 is 0 Å². The van der Waals surface area contributed by atoms with Crippen molar-refractivity contribution in [1.29, 1.82) is 0 Å². The first kappa shape index (κ1) is 36.0. The summed E-state index contributed by atoms with van der Waals surface area (Å²) in [5, 5.41) is 4.80. The van der Waals surface area contributed by atoms with Gasteiger partial charge in [-0.1, -0.05) is 164 Å². The van der Waals surface area contributed by atoms with E-state index in [1.54, 1.807) is 0 Å². The normalized spacial score (nSPS) is 11.5. The van der Waals surface area contributed by atoms with Gasteiger partial charge in [-0.3, -0.25) is 0 Å². The van der Waals surface area contributed by atoms with Crippen molar-refractivity contribution in [3.63, 3.8) is 0 Å². The summed E-state index contributed by atoms with van der Waals surface area (Å²) >= 11 is 1.84. The molecule has 12 aromatic rings. The molecule has 0 aliphatic heterocycles. The molecule has 4 heteroatoms. The molecule has 3 heterocycles. The van der Waals surface area contributed by atoms with Gasteiger partial charge in [0, 0.05) is 53.2 Å². The first-order chi connectivity index (χ1) is 30.7. The minimum absolute atomic E-state index is 0.674. The average Bonchev–Trinajstić information content (AvgIpc) is 3.93. The summed E-state index contributed by atoms with van der Waals surface area (Å²) in [4.78, 5) is 10.6. The van der Waals surface area contributed by atoms with Gasteiger partial charge < -0.3 is 4.42 Å². The highest BCUT2D eigenvalue weighted by molar-refractivity contribution is 7.25. The van der Waals surface area contributed by atoms with E-state index in [0.29, 0.717) is 5.82 Å². The maximum absolute atomic E-state index is 6.62. The van der Waals surface area contributed by atoms with Crippen LogP contribution in [0, 0.1) is 0 Å². The molecule has 0 unspecified atom stereocenters. The number of para-hydroxylation sites is 2. The summed E-state index contributed by atoms with van der Waals surface area (Å²) in [7, 11) is 0. The molecule has 0 amide bonds. The number of thiophene rings is 1. The Balaban J connectivity index is 1.04. The summed E-state index contributed by atoms with van der Waals surface area (Å²) in [5.41, 5.74) is 15.4. The van der Waals surface area contributed by atoms with E-state index in [-0.39, 0.29) is 0 Å². The molecule has 3 aromatic heterocycles. The van der Waals surface area contributed by atoms with Crippen molar-refractivity contribution < 1.29 is 4.42 Å². The molecule has 0 atom stereocenters. The number of fused-ring (bicyclic) bond motifs is 6. The molecule has 62 heavy (non-hydrogen) atoms. The molecule has 0 saturated heterocycles. The molecule has 0 radical (unpaired) electrons. The molecule has 9 aromatic carbocycles. The molecule has 0 spiro atoms. The van der Waals surface area contributed by atoms with Crippen LogP contribution in [-0.2, 0) is 0 Å². The predicted molar refractivity (Wildman–Crippen MR) is 260 cm³/mol. The zero-order valence-corrected chi connectivity index (χ0v) is 34.3. The molecule has 0 N–H and O–H groups in total. The second kappa shape index (κ2) is 15.0. The Morgan fingerprint density at radius 1 is 0.306 bits per heavy atom. The minimum Gasteiger partial charge on any atom is -0.455 e. The van der Waals surface area contributed by atoms with Gasteiger partial charge in [0.1, 0.15) is 11.2 Å². The van der Waals surface area contributed by atoms with Crippen LogP contribution in [-0.4, -0.2) is 9.97 Å². The first-order valence-electron chi connectivity index (χ1n) is 20.9. The van der Waals surface area contributed by atoms with Crippen LogP contribution >= 0.6 is 11.3 Å². The maximum atomic E-state index is 6.62. The van der Waals surface area contributed by atoms with Crippen molar-refractivity contribution in [2.45, 2.75) is 0 Å². The van der Waals surface area contributed by atoms with Crippen LogP contribution in [0.3, 0.4) is 0 Å². The number of nitrogens with zero attached hydrogens (tertiary/aromatic N) is 2. The Hall–Kier alpha value is -7.92. The van der Waals surface area contributed by atoms with Crippen molar-refractivity contribution in [1.82, 2.24) is 9.97 Å². The molecular weight excluding hydrogens is 773 g/mol. The fraction of sp³-hybridized carbons (Fsp3) is 0. The van der Waals surface area contributed by atoms with Gasteiger partial charge in [0.15, 0.2) is 5.82 Å². The molecule has 12 rings (SSSR count). The van der Waals surface area contributed by atoms with Crippen LogP contribution in [0.2, 0.25) is 0 Å². The summed E-state index contributed by atoms with van der Waals surface area (Å²) < 4.78 is 9.21. The van der Waals surface area contributed by atoms with Gasteiger partial charge in [0.25, 0.3) is 0 Å². The summed E-state index contributed by atoms with van der Waals surface area (Å²) in [6.07, 6.45) is 0. The second-order valence-electron chi connectivity index (χ2n) is 15.7. The third kappa shape index (κ3) is 6.46. The van der Waals surface area contributed by atoms with Gasteiger partial charge in [-0.25, -0.2) is 9.97 Å². The quantitative estimate of drug-likeness (QED) is 0.161. The van der Waals surface area contributed by atoms with Crippen molar-refractivity contribution in [2.24, 2.45) is 0 Å². The van der Waals surface area contributed by atoms with E-state index in [1.165, 1.54) is 31.3 Å². The van der Waals surface area contributed by atoms with Gasteiger partial charge in [-0.2, -0.15) is 0 Å². The highest BCUT2D eigenvalue weighted by atomic mass is 32.1. The number of hydrogen-bond acceptors (Lipinski definition) is 4. The molecule has 0 fully saturated rings. The molecule has 0 bridgehead atoms. The van der Waals surface area contributed by atoms with Gasteiger partial charge in [0.2, 0.25) is 0 Å². The maximum Gasteiger partial charge on any atom is 0.160 e. The van der Waals surface area contributed by atoms with Crippen molar-refractivity contribution >= 4 is 53.4 Å². The Morgan fingerprint density at radius 3 is 1.66 bits per heavy atom. The molecule has 0 aliphatic carbocycles. The predicted octanol–water partition coefficient (Wildman–Crippen LogP) is 16.4. The van der Waals surface area contributed by atoms with Crippen molar-refractivity contribution in [2.75, 3.05) is 0 Å². The fourth-order valence-electron chi connectivity index (χ4n) is 8.80. The van der Waals surface area contributed by atoms with Gasteiger partial charge in [0.05, 0.1) is 11.4 Å². The van der Waals surface area contributed by atoms with Crippen LogP contribution in [0.15, 0.2) is 223 Å². The van der Waals surface area contributed by atoms with E-state index in [9.17, 15) is 0 Å². The molecular formula is C58H36N2OS. The number of hydrogen-bond donors (Lipinski definition) is 0. The monoisotopic (exact) mass is 808 g/mol. The standard InChI is InChI=1S/C58H36N2OS/c1-3-14-37(15-4-1)39-18-11-20-41(30-39)44-32-45(47-24-13-25-51-48-22-7-9-26-54(48)61-57(47)51)34-46(33-44)53-36-52(59-58(60-53)38-16-5-2-6-17-38)43-21-12-19-40(31-43)42-28-29-50-49-23-8-10-27-55(49)62-56(50)35-42/h1-36H. The van der Waals surface area contributed by atoms with Crippen molar-refractivity contribution in [3.8, 4) is 78.4 Å². The Kier molecular flexibility index (Phi) is 8.68. The molecule has 0 aliphatic rings. The third-order valence-corrected chi connectivity index (χ3v) is 13.0. The highest BCUT2D eigenvalue weighted by Gasteiger charge is 2.18. The van der Waals surface area contributed by atoms with E-state index in [1.807, 2.05) is 41.7 Å². The Labute approximate surface area is 362 Å². The summed E-state index contributed by atoms with van der Waals surface area (Å²) in [6, 6.07) is 77.5. The smallest absolute Gasteiger partial charge is 0.160 e. The number of aromatic nitrogens is 2. The lowest BCUT2D eigenvalue weighted by Crippen LogP contribution is -1.97. The van der Waals surface area contributed by atoms with Crippen LogP contribution in [0.25, 0.3) is 121 Å². The van der Waals surface area contributed by atoms with E-state index in [2.05, 4.69) is 188 Å². The fourth-order valence-corrected chi connectivity index (χ4v) is 9.95. The minimum atomic E-state index is 0.674. The van der Waals surface area contributed by atoms with E-state index in [0.717, 1.165) is 83.4 Å². The van der Waals surface area contributed by atoms with Gasteiger partial charge in [-0.15, -0.1) is 11.3 Å². The lowest BCUT2D eigenvalue weighted by atomic mass is 9.92. The van der Waals surface area contributed by atoms with E-state index in [4.69, 9.17) is 14.4 Å². The molecule has 290 valence electrons. The van der Waals surface area contributed by atoms with Gasteiger partial charge in [-0.05, 0) is 93.5 Å². The lowest BCUT2D eigenvalue weighted by Gasteiger charge is -2.14. The largest absolute Gasteiger partial charge is 0.455 e. The SMILES string of the molecule is c1ccc(-c2cccc(-c3cc(-c4cc(-c5cccc(-c6ccc7c(c6)sc6ccccc67)c5)nc(-c5ccccc5)n4)cc(-c4cccc5c4oc4ccccc45)c3)c2)cc1. The van der Waals surface area contributed by atoms with Crippen LogP contribution in [0.4, 0.5) is 0 Å². The Morgan fingerprint density at radius 2 is 0.839 bits per heavy atom. The molecule has 3 nitrogen and oxygen atoms in total. The number of benzene rings is 9. The zero-order chi connectivity index (χ0) is 41.0. The van der Waals surface area contributed by atoms with E-state index < -0.39 is 0 Å². The lowest BCUT2D eigenvalue weighted by molar-refractivity contribution is 0.670. The van der Waals surface area contributed by atoms with Crippen LogP contribution in [0.1, 0.15) is 0 Å².